The highest BCUT2D eigenvalue weighted by Gasteiger charge is 2.28. The van der Waals surface area contributed by atoms with Gasteiger partial charge in [-0.25, -0.2) is 0 Å². The third kappa shape index (κ3) is 27.4. The van der Waals surface area contributed by atoms with E-state index in [2.05, 4.69) is 19.2 Å². The molecule has 4 unspecified atom stereocenters. The minimum Gasteiger partial charge on any atom is -0.394 e. The lowest BCUT2D eigenvalue weighted by Gasteiger charge is -2.27. The van der Waals surface area contributed by atoms with Crippen molar-refractivity contribution in [2.45, 2.75) is 224 Å². The van der Waals surface area contributed by atoms with Crippen LogP contribution in [0.25, 0.3) is 0 Å². The fourth-order valence-electron chi connectivity index (χ4n) is 5.99. The van der Waals surface area contributed by atoms with Crippen LogP contribution in [0.1, 0.15) is 200 Å². The number of aliphatic hydroxyl groups is 4. The van der Waals surface area contributed by atoms with E-state index >= 15 is 0 Å². The lowest BCUT2D eigenvalue weighted by Crippen LogP contribution is -2.53. The monoisotopic (exact) mass is 614 g/mol. The molecule has 0 aliphatic carbocycles. The maximum Gasteiger partial charge on any atom is 0.249 e. The van der Waals surface area contributed by atoms with E-state index in [4.69, 9.17) is 0 Å². The highest BCUT2D eigenvalue weighted by atomic mass is 16.3. The van der Waals surface area contributed by atoms with Crippen LogP contribution in [0.2, 0.25) is 0 Å². The Morgan fingerprint density at radius 2 is 0.791 bits per heavy atom. The molecular formula is C37H75NO5. The first-order valence-electron chi connectivity index (χ1n) is 18.9. The highest BCUT2D eigenvalue weighted by molar-refractivity contribution is 5.80. The van der Waals surface area contributed by atoms with E-state index in [1.54, 1.807) is 0 Å². The molecule has 0 aromatic carbocycles. The zero-order chi connectivity index (χ0) is 31.8. The topological polar surface area (TPSA) is 110 Å². The highest BCUT2D eigenvalue weighted by Crippen LogP contribution is 2.16. The fourth-order valence-corrected chi connectivity index (χ4v) is 5.99. The van der Waals surface area contributed by atoms with Gasteiger partial charge >= 0.3 is 0 Å². The zero-order valence-electron chi connectivity index (χ0n) is 28.7. The molecule has 6 nitrogen and oxygen atoms in total. The molecule has 0 saturated heterocycles. The molecule has 0 saturated carbocycles. The van der Waals surface area contributed by atoms with Crippen LogP contribution in [0.5, 0.6) is 0 Å². The molecule has 0 heterocycles. The molecule has 0 bridgehead atoms. The van der Waals surface area contributed by atoms with Crippen LogP contribution < -0.4 is 5.32 Å². The Labute approximate surface area is 267 Å². The van der Waals surface area contributed by atoms with E-state index in [0.717, 1.165) is 38.5 Å². The predicted octanol–water partition coefficient (Wildman–Crippen LogP) is 8.90. The van der Waals surface area contributed by atoms with Crippen molar-refractivity contribution in [1.82, 2.24) is 5.32 Å². The Hall–Kier alpha value is -0.690. The third-order valence-electron chi connectivity index (χ3n) is 9.07. The number of hydrogen-bond donors (Lipinski definition) is 5. The van der Waals surface area contributed by atoms with Gasteiger partial charge in [0, 0.05) is 0 Å². The quantitative estimate of drug-likeness (QED) is 0.0466. The van der Waals surface area contributed by atoms with Crippen molar-refractivity contribution in [1.29, 1.82) is 0 Å². The molecule has 258 valence electrons. The van der Waals surface area contributed by atoms with Gasteiger partial charge in [0.05, 0.1) is 18.8 Å². The van der Waals surface area contributed by atoms with Gasteiger partial charge < -0.3 is 25.7 Å². The fraction of sp³-hybridized carbons (Fsp3) is 0.973. The van der Waals surface area contributed by atoms with Crippen molar-refractivity contribution in [3.05, 3.63) is 0 Å². The SMILES string of the molecule is CCCCCCCCCCCCCCCCCCCCCC(O)C(O)C(CO)NC(=O)C(O)CCCCCCCCCC. The summed E-state index contributed by atoms with van der Waals surface area (Å²) in [6.45, 7) is 4.00. The van der Waals surface area contributed by atoms with E-state index in [9.17, 15) is 25.2 Å². The van der Waals surface area contributed by atoms with Gasteiger partial charge in [-0.2, -0.15) is 0 Å². The Morgan fingerprint density at radius 3 is 1.12 bits per heavy atom. The lowest BCUT2D eigenvalue weighted by molar-refractivity contribution is -0.132. The number of hydrogen-bond acceptors (Lipinski definition) is 5. The second-order valence-electron chi connectivity index (χ2n) is 13.3. The molecule has 0 aliphatic heterocycles. The predicted molar refractivity (Wildman–Crippen MR) is 182 cm³/mol. The lowest BCUT2D eigenvalue weighted by atomic mass is 9.99. The molecule has 0 aromatic rings. The Balaban J connectivity index is 3.70. The van der Waals surface area contributed by atoms with Crippen LogP contribution in [-0.4, -0.2) is 57.3 Å². The van der Waals surface area contributed by atoms with E-state index in [-0.39, 0.29) is 0 Å². The molecule has 0 fully saturated rings. The van der Waals surface area contributed by atoms with Crippen molar-refractivity contribution < 1.29 is 25.2 Å². The Kier molecular flexibility index (Phi) is 32.2. The van der Waals surface area contributed by atoms with Gasteiger partial charge in [0.2, 0.25) is 5.91 Å². The van der Waals surface area contributed by atoms with Crippen LogP contribution in [-0.2, 0) is 4.79 Å². The summed E-state index contributed by atoms with van der Waals surface area (Å²) in [5, 5.41) is 43.3. The van der Waals surface area contributed by atoms with Gasteiger partial charge in [0.15, 0.2) is 0 Å². The minimum absolute atomic E-state index is 0.372. The first-order chi connectivity index (χ1) is 21.0. The van der Waals surface area contributed by atoms with Crippen molar-refractivity contribution in [2.24, 2.45) is 0 Å². The van der Waals surface area contributed by atoms with Crippen LogP contribution in [0, 0.1) is 0 Å². The van der Waals surface area contributed by atoms with Crippen LogP contribution in [0.4, 0.5) is 0 Å². The molecule has 0 radical (unpaired) electrons. The molecule has 6 heteroatoms. The first-order valence-corrected chi connectivity index (χ1v) is 18.9. The van der Waals surface area contributed by atoms with Gasteiger partial charge in [0.1, 0.15) is 12.2 Å². The van der Waals surface area contributed by atoms with Crippen molar-refractivity contribution in [2.75, 3.05) is 6.61 Å². The van der Waals surface area contributed by atoms with Gasteiger partial charge in [-0.3, -0.25) is 4.79 Å². The summed E-state index contributed by atoms with van der Waals surface area (Å²) in [7, 11) is 0. The maximum atomic E-state index is 12.4. The average molecular weight is 614 g/mol. The van der Waals surface area contributed by atoms with Crippen molar-refractivity contribution >= 4 is 5.91 Å². The second-order valence-corrected chi connectivity index (χ2v) is 13.3. The van der Waals surface area contributed by atoms with Gasteiger partial charge in [-0.1, -0.05) is 187 Å². The van der Waals surface area contributed by atoms with Crippen molar-refractivity contribution in [3.63, 3.8) is 0 Å². The van der Waals surface area contributed by atoms with Gasteiger partial charge in [-0.05, 0) is 12.8 Å². The zero-order valence-corrected chi connectivity index (χ0v) is 28.7. The molecule has 0 aromatic heterocycles. The molecule has 0 spiro atoms. The van der Waals surface area contributed by atoms with Crippen LogP contribution in [0.3, 0.4) is 0 Å². The van der Waals surface area contributed by atoms with Crippen LogP contribution in [0.15, 0.2) is 0 Å². The third-order valence-corrected chi connectivity index (χ3v) is 9.07. The smallest absolute Gasteiger partial charge is 0.249 e. The Morgan fingerprint density at radius 1 is 0.488 bits per heavy atom. The number of carbonyl (C=O) groups is 1. The molecular weight excluding hydrogens is 538 g/mol. The van der Waals surface area contributed by atoms with Gasteiger partial charge in [-0.15, -0.1) is 0 Å². The standard InChI is InChI=1S/C37H75NO5/c1-3-5-7-9-11-13-14-15-16-17-18-19-20-21-22-23-25-26-28-30-34(40)36(42)33(32-39)38-37(43)35(41)31-29-27-24-12-10-8-6-4-2/h33-36,39-42H,3-32H2,1-2H3,(H,38,43). The molecule has 1 amide bonds. The summed E-state index contributed by atoms with van der Waals surface area (Å²) in [5.41, 5.74) is 0. The average Bonchev–Trinajstić information content (AvgIpc) is 3.01. The van der Waals surface area contributed by atoms with Crippen molar-refractivity contribution in [3.8, 4) is 0 Å². The number of nitrogens with one attached hydrogen (secondary N) is 1. The molecule has 5 N–H and O–H groups in total. The minimum atomic E-state index is -1.25. The van der Waals surface area contributed by atoms with E-state index < -0.39 is 36.9 Å². The van der Waals surface area contributed by atoms with E-state index in [1.807, 2.05) is 0 Å². The molecule has 0 rings (SSSR count). The van der Waals surface area contributed by atoms with E-state index in [1.165, 1.54) is 135 Å². The number of rotatable bonds is 34. The van der Waals surface area contributed by atoms with Gasteiger partial charge in [0.25, 0.3) is 0 Å². The maximum absolute atomic E-state index is 12.4. The number of unbranched alkanes of at least 4 members (excludes halogenated alkanes) is 25. The molecule has 4 atom stereocenters. The first kappa shape index (κ1) is 42.3. The summed E-state index contributed by atoms with van der Waals surface area (Å²) in [5.74, 6) is -0.586. The molecule has 0 aliphatic rings. The second kappa shape index (κ2) is 32.7. The summed E-state index contributed by atoms with van der Waals surface area (Å²) in [6.07, 6.45) is 31.4. The Bertz CT molecular complexity index is 575. The largest absolute Gasteiger partial charge is 0.394 e. The summed E-state index contributed by atoms with van der Waals surface area (Å²) in [6, 6.07) is -0.976. The van der Waals surface area contributed by atoms with E-state index in [0.29, 0.717) is 12.8 Å². The summed E-state index contributed by atoms with van der Waals surface area (Å²) >= 11 is 0. The normalized spacial score (nSPS) is 14.5. The summed E-state index contributed by atoms with van der Waals surface area (Å²) < 4.78 is 0. The molecule has 43 heavy (non-hydrogen) atoms. The number of carbonyl (C=O) groups excluding carboxylic acids is 1. The summed E-state index contributed by atoms with van der Waals surface area (Å²) in [4.78, 5) is 12.4. The van der Waals surface area contributed by atoms with Crippen LogP contribution >= 0.6 is 0 Å². The number of aliphatic hydroxyl groups excluding tert-OH is 4. The number of amides is 1.